The number of tetrazole rings is 1. The number of nitrogens with zero attached hydrogens (tertiary/aromatic N) is 4. The minimum Gasteiger partial charge on any atom is -0.465 e. The standard InChI is InChI=1S/C17H15N5O3S/c1-25-16(24)12-7-9-14(10-8-12)22-17(19-20-21-22)26-11-15(23)18-13-5-3-2-4-6-13/h2-10H,11H2,1H3,(H,18,23). The first-order valence-corrected chi connectivity index (χ1v) is 8.61. The van der Waals surface area contributed by atoms with E-state index in [2.05, 4.69) is 25.6 Å². The van der Waals surface area contributed by atoms with Crippen LogP contribution in [0.25, 0.3) is 5.69 Å². The number of hydrogen-bond donors (Lipinski definition) is 1. The minimum absolute atomic E-state index is 0.156. The first kappa shape index (κ1) is 17.6. The largest absolute Gasteiger partial charge is 0.465 e. The van der Waals surface area contributed by atoms with Crippen molar-refractivity contribution in [3.8, 4) is 5.69 Å². The molecule has 0 saturated carbocycles. The first-order valence-electron chi connectivity index (χ1n) is 7.62. The summed E-state index contributed by atoms with van der Waals surface area (Å²) in [6.45, 7) is 0. The zero-order valence-electron chi connectivity index (χ0n) is 13.8. The summed E-state index contributed by atoms with van der Waals surface area (Å²) in [6, 6.07) is 15.9. The molecule has 0 aliphatic carbocycles. The molecule has 3 aromatic rings. The van der Waals surface area contributed by atoms with E-state index in [-0.39, 0.29) is 11.7 Å². The second-order valence-electron chi connectivity index (χ2n) is 5.11. The maximum atomic E-state index is 12.0. The monoisotopic (exact) mass is 369 g/mol. The Morgan fingerprint density at radius 2 is 1.85 bits per heavy atom. The van der Waals surface area contributed by atoms with Crippen molar-refractivity contribution >= 4 is 29.3 Å². The van der Waals surface area contributed by atoms with Gasteiger partial charge in [0.15, 0.2) is 0 Å². The van der Waals surface area contributed by atoms with Crippen molar-refractivity contribution in [3.05, 3.63) is 60.2 Å². The summed E-state index contributed by atoms with van der Waals surface area (Å²) in [5.41, 5.74) is 1.84. The Morgan fingerprint density at radius 3 is 2.54 bits per heavy atom. The van der Waals surface area contributed by atoms with Gasteiger partial charge in [-0.05, 0) is 46.8 Å². The lowest BCUT2D eigenvalue weighted by Gasteiger charge is -2.06. The highest BCUT2D eigenvalue weighted by Crippen LogP contribution is 2.19. The van der Waals surface area contributed by atoms with E-state index in [0.29, 0.717) is 16.4 Å². The minimum atomic E-state index is -0.416. The number of carbonyl (C=O) groups is 2. The third-order valence-electron chi connectivity index (χ3n) is 3.36. The second-order valence-corrected chi connectivity index (χ2v) is 6.06. The van der Waals surface area contributed by atoms with Crippen LogP contribution in [-0.2, 0) is 9.53 Å². The predicted octanol–water partition coefficient (Wildman–Crippen LogP) is 2.18. The molecule has 1 N–H and O–H groups in total. The highest BCUT2D eigenvalue weighted by molar-refractivity contribution is 7.99. The Hall–Kier alpha value is -3.20. The lowest BCUT2D eigenvalue weighted by Crippen LogP contribution is -2.14. The number of aromatic nitrogens is 4. The average molecular weight is 369 g/mol. The van der Waals surface area contributed by atoms with Crippen molar-refractivity contribution in [1.82, 2.24) is 20.2 Å². The topological polar surface area (TPSA) is 99.0 Å². The molecule has 1 heterocycles. The molecule has 132 valence electrons. The lowest BCUT2D eigenvalue weighted by atomic mass is 10.2. The number of hydrogen-bond acceptors (Lipinski definition) is 7. The van der Waals surface area contributed by atoms with Crippen LogP contribution in [0.5, 0.6) is 0 Å². The van der Waals surface area contributed by atoms with Crippen LogP contribution in [0.15, 0.2) is 59.8 Å². The van der Waals surface area contributed by atoms with Crippen molar-refractivity contribution < 1.29 is 14.3 Å². The fourth-order valence-electron chi connectivity index (χ4n) is 2.14. The van der Waals surface area contributed by atoms with Gasteiger partial charge in [0.05, 0.1) is 24.1 Å². The SMILES string of the molecule is COC(=O)c1ccc(-n2nnnc2SCC(=O)Nc2ccccc2)cc1. The summed E-state index contributed by atoms with van der Waals surface area (Å²) >= 11 is 1.21. The van der Waals surface area contributed by atoms with Gasteiger partial charge in [-0.3, -0.25) is 4.79 Å². The maximum Gasteiger partial charge on any atom is 0.337 e. The first-order chi connectivity index (χ1) is 12.7. The Balaban J connectivity index is 1.65. The molecule has 2 aromatic carbocycles. The van der Waals surface area contributed by atoms with Crippen LogP contribution in [0.4, 0.5) is 5.69 Å². The summed E-state index contributed by atoms with van der Waals surface area (Å²) in [7, 11) is 1.33. The fraction of sp³-hybridized carbons (Fsp3) is 0.118. The van der Waals surface area contributed by atoms with Crippen molar-refractivity contribution in [2.75, 3.05) is 18.2 Å². The van der Waals surface area contributed by atoms with Crippen LogP contribution >= 0.6 is 11.8 Å². The van der Waals surface area contributed by atoms with Gasteiger partial charge in [-0.2, -0.15) is 4.68 Å². The molecule has 0 unspecified atom stereocenters. The summed E-state index contributed by atoms with van der Waals surface area (Å²) in [4.78, 5) is 23.5. The maximum absolute atomic E-state index is 12.0. The number of thioether (sulfide) groups is 1. The lowest BCUT2D eigenvalue weighted by molar-refractivity contribution is -0.113. The number of ether oxygens (including phenoxy) is 1. The van der Waals surface area contributed by atoms with Crippen molar-refractivity contribution in [2.24, 2.45) is 0 Å². The molecule has 0 spiro atoms. The normalized spacial score (nSPS) is 10.3. The van der Waals surface area contributed by atoms with Gasteiger partial charge in [-0.15, -0.1) is 5.10 Å². The molecule has 0 fully saturated rings. The van der Waals surface area contributed by atoms with Crippen LogP contribution < -0.4 is 5.32 Å². The molecule has 3 rings (SSSR count). The van der Waals surface area contributed by atoms with Gasteiger partial charge in [0.25, 0.3) is 0 Å². The number of amides is 1. The van der Waals surface area contributed by atoms with Gasteiger partial charge in [0.2, 0.25) is 11.1 Å². The van der Waals surface area contributed by atoms with Crippen LogP contribution in [0.3, 0.4) is 0 Å². The molecule has 0 atom stereocenters. The zero-order chi connectivity index (χ0) is 18.4. The van der Waals surface area contributed by atoms with E-state index >= 15 is 0 Å². The third-order valence-corrected chi connectivity index (χ3v) is 4.28. The Labute approximate surface area is 153 Å². The third kappa shape index (κ3) is 4.25. The summed E-state index contributed by atoms with van der Waals surface area (Å²) < 4.78 is 6.17. The quantitative estimate of drug-likeness (QED) is 0.525. The van der Waals surface area contributed by atoms with Crippen LogP contribution in [0.1, 0.15) is 10.4 Å². The van der Waals surface area contributed by atoms with Crippen molar-refractivity contribution in [2.45, 2.75) is 5.16 Å². The zero-order valence-corrected chi connectivity index (χ0v) is 14.6. The molecule has 0 radical (unpaired) electrons. The average Bonchev–Trinajstić information content (AvgIpc) is 3.15. The van der Waals surface area contributed by atoms with Gasteiger partial charge < -0.3 is 10.1 Å². The summed E-state index contributed by atoms with van der Waals surface area (Å²) in [5.74, 6) is -0.410. The van der Waals surface area contributed by atoms with E-state index in [1.807, 2.05) is 30.3 Å². The number of rotatable bonds is 6. The number of esters is 1. The van der Waals surface area contributed by atoms with Gasteiger partial charge in [0, 0.05) is 5.69 Å². The van der Waals surface area contributed by atoms with E-state index in [1.165, 1.54) is 23.6 Å². The molecule has 0 aliphatic heterocycles. The van der Waals surface area contributed by atoms with E-state index in [1.54, 1.807) is 24.3 Å². The second kappa shape index (κ2) is 8.26. The Bertz CT molecular complexity index is 896. The number of benzene rings is 2. The van der Waals surface area contributed by atoms with Gasteiger partial charge in [-0.1, -0.05) is 30.0 Å². The van der Waals surface area contributed by atoms with Crippen molar-refractivity contribution in [1.29, 1.82) is 0 Å². The van der Waals surface area contributed by atoms with Crippen molar-refractivity contribution in [3.63, 3.8) is 0 Å². The van der Waals surface area contributed by atoms with Crippen LogP contribution in [0, 0.1) is 0 Å². The fourth-order valence-corrected chi connectivity index (χ4v) is 2.83. The molecule has 26 heavy (non-hydrogen) atoms. The molecule has 1 amide bonds. The highest BCUT2D eigenvalue weighted by Gasteiger charge is 2.13. The molecule has 0 saturated heterocycles. The number of carbonyl (C=O) groups excluding carboxylic acids is 2. The van der Waals surface area contributed by atoms with Gasteiger partial charge in [0.1, 0.15) is 0 Å². The van der Waals surface area contributed by atoms with Gasteiger partial charge >= 0.3 is 5.97 Å². The summed E-state index contributed by atoms with van der Waals surface area (Å²) in [6.07, 6.45) is 0. The smallest absolute Gasteiger partial charge is 0.337 e. The molecule has 8 nitrogen and oxygen atoms in total. The number of anilines is 1. The summed E-state index contributed by atoms with van der Waals surface area (Å²) in [5, 5.41) is 14.8. The molecule has 1 aromatic heterocycles. The highest BCUT2D eigenvalue weighted by atomic mass is 32.2. The van der Waals surface area contributed by atoms with E-state index in [4.69, 9.17) is 0 Å². The van der Waals surface area contributed by atoms with Crippen LogP contribution in [-0.4, -0.2) is 44.9 Å². The van der Waals surface area contributed by atoms with Crippen LogP contribution in [0.2, 0.25) is 0 Å². The number of para-hydroxylation sites is 1. The number of nitrogens with one attached hydrogen (secondary N) is 1. The Morgan fingerprint density at radius 1 is 1.12 bits per heavy atom. The predicted molar refractivity (Wildman–Crippen MR) is 96.3 cm³/mol. The molecule has 0 aliphatic rings. The van der Waals surface area contributed by atoms with E-state index < -0.39 is 5.97 Å². The van der Waals surface area contributed by atoms with E-state index in [0.717, 1.165) is 5.69 Å². The van der Waals surface area contributed by atoms with E-state index in [9.17, 15) is 9.59 Å². The van der Waals surface area contributed by atoms with Gasteiger partial charge in [-0.25, -0.2) is 4.79 Å². The number of methoxy groups -OCH3 is 1. The Kier molecular flexibility index (Phi) is 5.59. The molecular formula is C17H15N5O3S. The molecule has 0 bridgehead atoms. The molecule has 9 heteroatoms. The molecular weight excluding hydrogens is 354 g/mol.